The number of pyridine rings is 1. The van der Waals surface area contributed by atoms with E-state index in [2.05, 4.69) is 10.3 Å². The van der Waals surface area contributed by atoms with Crippen molar-refractivity contribution in [2.45, 2.75) is 62.4 Å². The minimum Gasteiger partial charge on any atom is -0.367 e. The summed E-state index contributed by atoms with van der Waals surface area (Å²) < 4.78 is 28.4. The lowest BCUT2D eigenvalue weighted by Gasteiger charge is -2.36. The molecule has 2 fully saturated rings. The number of anilines is 1. The molecular formula is C21H27N3O2S. The lowest BCUT2D eigenvalue weighted by molar-refractivity contribution is 0.256. The third-order valence-corrected chi connectivity index (χ3v) is 7.65. The highest BCUT2D eigenvalue weighted by Gasteiger charge is 2.36. The SMILES string of the molecule is Cc1ccc(S(=O)(=O)N2CCCC[C@@H]2c2cccnc2NC2CCC2)cc1. The summed E-state index contributed by atoms with van der Waals surface area (Å²) in [6, 6.07) is 11.4. The first kappa shape index (κ1) is 18.4. The summed E-state index contributed by atoms with van der Waals surface area (Å²) >= 11 is 0. The molecule has 1 atom stereocenters. The van der Waals surface area contributed by atoms with E-state index in [4.69, 9.17) is 0 Å². The van der Waals surface area contributed by atoms with Crippen molar-refractivity contribution < 1.29 is 8.42 Å². The number of nitrogens with zero attached hydrogens (tertiary/aromatic N) is 2. The molecule has 1 aromatic heterocycles. The molecule has 1 saturated heterocycles. The lowest BCUT2D eigenvalue weighted by Crippen LogP contribution is -2.39. The third-order valence-electron chi connectivity index (χ3n) is 5.73. The van der Waals surface area contributed by atoms with Gasteiger partial charge in [-0.25, -0.2) is 13.4 Å². The highest BCUT2D eigenvalue weighted by atomic mass is 32.2. The van der Waals surface area contributed by atoms with Gasteiger partial charge in [0.15, 0.2) is 0 Å². The molecule has 1 aromatic carbocycles. The Bertz CT molecular complexity index is 892. The Morgan fingerprint density at radius 2 is 1.81 bits per heavy atom. The van der Waals surface area contributed by atoms with Crippen LogP contribution in [0.1, 0.15) is 55.7 Å². The van der Waals surface area contributed by atoms with Crippen molar-refractivity contribution in [3.63, 3.8) is 0 Å². The van der Waals surface area contributed by atoms with E-state index >= 15 is 0 Å². The van der Waals surface area contributed by atoms with Gasteiger partial charge in [-0.3, -0.25) is 0 Å². The van der Waals surface area contributed by atoms with Gasteiger partial charge in [0, 0.05) is 24.3 Å². The molecule has 0 unspecified atom stereocenters. The Balaban J connectivity index is 1.68. The predicted octanol–water partition coefficient (Wildman–Crippen LogP) is 4.27. The molecule has 6 heteroatoms. The monoisotopic (exact) mass is 385 g/mol. The first-order chi connectivity index (χ1) is 13.1. The van der Waals surface area contributed by atoms with E-state index in [9.17, 15) is 8.42 Å². The van der Waals surface area contributed by atoms with E-state index in [0.29, 0.717) is 17.5 Å². The van der Waals surface area contributed by atoms with Gasteiger partial charge in [0.05, 0.1) is 10.9 Å². The highest BCUT2D eigenvalue weighted by molar-refractivity contribution is 7.89. The molecule has 0 amide bonds. The number of hydrogen-bond acceptors (Lipinski definition) is 4. The second kappa shape index (κ2) is 7.60. The summed E-state index contributed by atoms with van der Waals surface area (Å²) in [6.45, 7) is 2.52. The molecule has 2 aromatic rings. The number of sulfonamides is 1. The van der Waals surface area contributed by atoms with E-state index in [1.54, 1.807) is 22.6 Å². The first-order valence-corrected chi connectivity index (χ1v) is 11.3. The summed E-state index contributed by atoms with van der Waals surface area (Å²) in [5, 5.41) is 3.53. The standard InChI is InChI=1S/C21H27N3O2S/c1-16-10-12-18(13-11-16)27(25,26)24-15-3-2-9-20(24)19-8-5-14-22-21(19)23-17-6-4-7-17/h5,8,10-14,17,20H,2-4,6-7,9,15H2,1H3,(H,22,23)/t20-/m1/s1. The van der Waals surface area contributed by atoms with E-state index in [-0.39, 0.29) is 6.04 Å². The molecule has 1 aliphatic carbocycles. The number of nitrogens with one attached hydrogen (secondary N) is 1. The van der Waals surface area contributed by atoms with Gasteiger partial charge in [-0.05, 0) is 57.2 Å². The molecule has 1 saturated carbocycles. The van der Waals surface area contributed by atoms with Gasteiger partial charge in [-0.15, -0.1) is 0 Å². The van der Waals surface area contributed by atoms with Crippen LogP contribution < -0.4 is 5.32 Å². The van der Waals surface area contributed by atoms with Crippen LogP contribution in [0.2, 0.25) is 0 Å². The minimum atomic E-state index is -3.54. The summed E-state index contributed by atoms with van der Waals surface area (Å²) in [5.74, 6) is 0.846. The summed E-state index contributed by atoms with van der Waals surface area (Å²) in [5.41, 5.74) is 2.06. The molecule has 2 heterocycles. The van der Waals surface area contributed by atoms with Crippen LogP contribution in [-0.4, -0.2) is 30.3 Å². The van der Waals surface area contributed by atoms with Crippen LogP contribution in [0.25, 0.3) is 0 Å². The molecule has 144 valence electrons. The fraction of sp³-hybridized carbons (Fsp3) is 0.476. The van der Waals surface area contributed by atoms with Crippen LogP contribution in [0.15, 0.2) is 47.5 Å². The van der Waals surface area contributed by atoms with Gasteiger partial charge in [0.1, 0.15) is 5.82 Å². The average molecular weight is 386 g/mol. The number of hydrogen-bond donors (Lipinski definition) is 1. The molecule has 4 rings (SSSR count). The molecule has 2 aliphatic rings. The second-order valence-corrected chi connectivity index (χ2v) is 9.54. The molecule has 0 spiro atoms. The molecule has 1 aliphatic heterocycles. The maximum atomic E-state index is 13.4. The van der Waals surface area contributed by atoms with E-state index < -0.39 is 10.0 Å². The largest absolute Gasteiger partial charge is 0.367 e. The fourth-order valence-electron chi connectivity index (χ4n) is 3.90. The highest BCUT2D eigenvalue weighted by Crippen LogP contribution is 2.38. The van der Waals surface area contributed by atoms with Gasteiger partial charge in [0.2, 0.25) is 10.0 Å². The molecule has 0 bridgehead atoms. The zero-order valence-electron chi connectivity index (χ0n) is 15.8. The zero-order valence-corrected chi connectivity index (χ0v) is 16.6. The van der Waals surface area contributed by atoms with Crippen LogP contribution in [0.5, 0.6) is 0 Å². The minimum absolute atomic E-state index is 0.165. The van der Waals surface area contributed by atoms with Crippen LogP contribution >= 0.6 is 0 Å². The van der Waals surface area contributed by atoms with Crippen molar-refractivity contribution in [3.05, 3.63) is 53.7 Å². The quantitative estimate of drug-likeness (QED) is 0.835. The summed E-state index contributed by atoms with van der Waals surface area (Å²) in [4.78, 5) is 4.92. The van der Waals surface area contributed by atoms with Gasteiger partial charge in [-0.1, -0.05) is 30.2 Å². The average Bonchev–Trinajstić information content (AvgIpc) is 2.65. The molecular weight excluding hydrogens is 358 g/mol. The third kappa shape index (κ3) is 3.73. The molecule has 0 radical (unpaired) electrons. The Kier molecular flexibility index (Phi) is 5.19. The maximum Gasteiger partial charge on any atom is 0.243 e. The van der Waals surface area contributed by atoms with Crippen LogP contribution in [0.4, 0.5) is 5.82 Å². The summed E-state index contributed by atoms with van der Waals surface area (Å²) in [6.07, 6.45) is 8.10. The van der Waals surface area contributed by atoms with Crippen molar-refractivity contribution in [1.29, 1.82) is 0 Å². The number of piperidine rings is 1. The van der Waals surface area contributed by atoms with E-state index in [1.165, 1.54) is 6.42 Å². The Morgan fingerprint density at radius 3 is 2.52 bits per heavy atom. The van der Waals surface area contributed by atoms with Gasteiger partial charge >= 0.3 is 0 Å². The van der Waals surface area contributed by atoms with E-state index in [0.717, 1.165) is 49.0 Å². The number of aromatic nitrogens is 1. The first-order valence-electron chi connectivity index (χ1n) is 9.86. The number of aryl methyl sites for hydroxylation is 1. The lowest BCUT2D eigenvalue weighted by atomic mass is 9.92. The zero-order chi connectivity index (χ0) is 18.9. The van der Waals surface area contributed by atoms with Crippen molar-refractivity contribution in [2.75, 3.05) is 11.9 Å². The van der Waals surface area contributed by atoms with E-state index in [1.807, 2.05) is 31.2 Å². The fourth-order valence-corrected chi connectivity index (χ4v) is 5.58. The predicted molar refractivity (Wildman–Crippen MR) is 107 cm³/mol. The Morgan fingerprint density at radius 1 is 1.04 bits per heavy atom. The number of benzene rings is 1. The molecule has 5 nitrogen and oxygen atoms in total. The van der Waals surface area contributed by atoms with Crippen molar-refractivity contribution in [1.82, 2.24) is 9.29 Å². The Hall–Kier alpha value is -1.92. The molecule has 1 N–H and O–H groups in total. The van der Waals surface area contributed by atoms with Crippen LogP contribution in [0, 0.1) is 6.92 Å². The van der Waals surface area contributed by atoms with Gasteiger partial charge < -0.3 is 5.32 Å². The number of rotatable bonds is 5. The van der Waals surface area contributed by atoms with Crippen molar-refractivity contribution >= 4 is 15.8 Å². The van der Waals surface area contributed by atoms with Gasteiger partial charge in [-0.2, -0.15) is 4.31 Å². The second-order valence-electron chi connectivity index (χ2n) is 7.65. The van der Waals surface area contributed by atoms with Crippen molar-refractivity contribution in [3.8, 4) is 0 Å². The molecule has 27 heavy (non-hydrogen) atoms. The van der Waals surface area contributed by atoms with Crippen LogP contribution in [0.3, 0.4) is 0 Å². The maximum absolute atomic E-state index is 13.4. The van der Waals surface area contributed by atoms with Gasteiger partial charge in [0.25, 0.3) is 0 Å². The van der Waals surface area contributed by atoms with Crippen molar-refractivity contribution in [2.24, 2.45) is 0 Å². The topological polar surface area (TPSA) is 62.3 Å². The smallest absolute Gasteiger partial charge is 0.243 e. The normalized spacial score (nSPS) is 21.6. The summed E-state index contributed by atoms with van der Waals surface area (Å²) in [7, 11) is -3.54. The Labute approximate surface area is 161 Å². The van der Waals surface area contributed by atoms with Crippen LogP contribution in [-0.2, 0) is 10.0 Å².